The molecular formula is C28H20F6N6OS. The van der Waals surface area contributed by atoms with Crippen molar-refractivity contribution in [3.05, 3.63) is 94.4 Å². The third kappa shape index (κ3) is 4.85. The van der Waals surface area contributed by atoms with Gasteiger partial charge in [0.2, 0.25) is 0 Å². The largest absolute Gasteiger partial charge is 0.419 e. The Morgan fingerprint density at radius 3 is 2.43 bits per heavy atom. The molecule has 0 bridgehead atoms. The maximum atomic E-state index is 14.7. The summed E-state index contributed by atoms with van der Waals surface area (Å²) in [5.41, 5.74) is -0.449. The van der Waals surface area contributed by atoms with Gasteiger partial charge in [-0.05, 0) is 73.6 Å². The molecule has 14 heteroatoms. The van der Waals surface area contributed by atoms with E-state index in [-0.39, 0.29) is 46.5 Å². The van der Waals surface area contributed by atoms with E-state index in [1.165, 1.54) is 34.0 Å². The molecule has 1 aliphatic heterocycles. The summed E-state index contributed by atoms with van der Waals surface area (Å²) in [6.45, 7) is 0.470. The minimum absolute atomic E-state index is 0.0298. The predicted molar refractivity (Wildman–Crippen MR) is 143 cm³/mol. The minimum atomic E-state index is -4.94. The molecule has 7 nitrogen and oxygen atoms in total. The second-order valence-corrected chi connectivity index (χ2v) is 10.2. The van der Waals surface area contributed by atoms with Crippen LogP contribution < -0.4 is 0 Å². The molecule has 3 aromatic heterocycles. The smallest absolute Gasteiger partial charge is 0.337 e. The number of hydrogen-bond acceptors (Lipinski definition) is 4. The van der Waals surface area contributed by atoms with Crippen LogP contribution >= 0.6 is 12.2 Å². The fourth-order valence-corrected chi connectivity index (χ4v) is 5.61. The molecule has 0 aliphatic carbocycles. The molecule has 1 fully saturated rings. The molecule has 0 unspecified atom stereocenters. The van der Waals surface area contributed by atoms with Gasteiger partial charge < -0.3 is 14.5 Å². The first kappa shape index (κ1) is 27.7. The number of imidazole rings is 1. The van der Waals surface area contributed by atoms with Gasteiger partial charge in [0.25, 0.3) is 5.91 Å². The molecule has 0 radical (unpaired) electrons. The van der Waals surface area contributed by atoms with Crippen LogP contribution in [-0.2, 0) is 6.18 Å². The molecule has 0 spiro atoms. The van der Waals surface area contributed by atoms with E-state index < -0.39 is 35.1 Å². The SMILES string of the molecule is O=C(c1cc(-c2cccnc2)n(-c2ccc(F)c(C(F)(F)F)c2)n1)N1CCC(n2c(=S)[nH]c3ccc(F)c(F)c32)CC1. The number of nitrogens with zero attached hydrogens (tertiary/aromatic N) is 5. The van der Waals surface area contributed by atoms with E-state index in [1.54, 1.807) is 12.1 Å². The average Bonchev–Trinajstić information content (AvgIpc) is 3.57. The van der Waals surface area contributed by atoms with E-state index >= 15 is 0 Å². The lowest BCUT2D eigenvalue weighted by molar-refractivity contribution is -0.140. The molecule has 42 heavy (non-hydrogen) atoms. The van der Waals surface area contributed by atoms with Crippen molar-refractivity contribution in [2.24, 2.45) is 0 Å². The summed E-state index contributed by atoms with van der Waals surface area (Å²) in [4.78, 5) is 22.0. The van der Waals surface area contributed by atoms with E-state index in [4.69, 9.17) is 12.2 Å². The number of fused-ring (bicyclic) bond motifs is 1. The highest BCUT2D eigenvalue weighted by Gasteiger charge is 2.35. The maximum Gasteiger partial charge on any atom is 0.419 e. The summed E-state index contributed by atoms with van der Waals surface area (Å²) in [5, 5.41) is 4.32. The number of nitrogens with one attached hydrogen (secondary N) is 1. The van der Waals surface area contributed by atoms with E-state index in [0.29, 0.717) is 36.1 Å². The van der Waals surface area contributed by atoms with Crippen molar-refractivity contribution in [2.75, 3.05) is 13.1 Å². The van der Waals surface area contributed by atoms with E-state index in [2.05, 4.69) is 15.1 Å². The number of carbonyl (C=O) groups excluding carboxylic acids is 1. The van der Waals surface area contributed by atoms with Crippen molar-refractivity contribution < 1.29 is 31.1 Å². The lowest BCUT2D eigenvalue weighted by atomic mass is 10.0. The van der Waals surface area contributed by atoms with Gasteiger partial charge in [0, 0.05) is 37.1 Å². The molecule has 5 aromatic rings. The normalized spacial score (nSPS) is 14.6. The lowest BCUT2D eigenvalue weighted by Crippen LogP contribution is -2.39. The Balaban J connectivity index is 1.31. The van der Waals surface area contributed by atoms with Crippen LogP contribution in [-0.4, -0.2) is 48.2 Å². The number of alkyl halides is 3. The standard InChI is InChI=1S/C28H20F6N6OS/c29-19-4-3-17(12-18(19)28(32,33)34)40-23(15-2-1-9-35-14-15)13-22(37-40)26(41)38-10-7-16(8-11-38)39-25-21(36-27(39)42)6-5-20(30)24(25)31/h1-6,9,12-14,16H,7-8,10-11H2,(H,36,42). The van der Waals surface area contributed by atoms with Gasteiger partial charge >= 0.3 is 6.18 Å². The number of halogens is 6. The van der Waals surface area contributed by atoms with E-state index in [1.807, 2.05) is 0 Å². The number of likely N-dealkylation sites (tertiary alicyclic amines) is 1. The Kier molecular flexibility index (Phi) is 6.87. The molecule has 1 saturated heterocycles. The molecule has 1 amide bonds. The van der Waals surface area contributed by atoms with Crippen LogP contribution in [0.15, 0.2) is 60.9 Å². The first-order valence-electron chi connectivity index (χ1n) is 12.8. The summed E-state index contributed by atoms with van der Waals surface area (Å²) < 4.78 is 85.9. The van der Waals surface area contributed by atoms with Gasteiger partial charge in [-0.3, -0.25) is 9.78 Å². The van der Waals surface area contributed by atoms with Gasteiger partial charge in [0.05, 0.1) is 22.5 Å². The van der Waals surface area contributed by atoms with Crippen molar-refractivity contribution in [1.29, 1.82) is 0 Å². The summed E-state index contributed by atoms with van der Waals surface area (Å²) in [7, 11) is 0. The Morgan fingerprint density at radius 2 is 1.74 bits per heavy atom. The van der Waals surface area contributed by atoms with Crippen LogP contribution in [0.2, 0.25) is 0 Å². The average molecular weight is 603 g/mol. The van der Waals surface area contributed by atoms with Gasteiger partial charge in [-0.1, -0.05) is 0 Å². The Hall–Kier alpha value is -4.46. The predicted octanol–water partition coefficient (Wildman–Crippen LogP) is 6.86. The molecule has 4 heterocycles. The molecule has 6 rings (SSSR count). The van der Waals surface area contributed by atoms with Crippen LogP contribution in [0.4, 0.5) is 26.3 Å². The third-order valence-electron chi connectivity index (χ3n) is 7.27. The summed E-state index contributed by atoms with van der Waals surface area (Å²) in [5.74, 6) is -3.92. The number of benzene rings is 2. The molecule has 1 N–H and O–H groups in total. The lowest BCUT2D eigenvalue weighted by Gasteiger charge is -2.32. The Morgan fingerprint density at radius 1 is 1.00 bits per heavy atom. The van der Waals surface area contributed by atoms with Crippen LogP contribution in [0.1, 0.15) is 34.9 Å². The number of hydrogen-bond donors (Lipinski definition) is 1. The number of aromatic amines is 1. The van der Waals surface area contributed by atoms with Gasteiger partial charge in [0.1, 0.15) is 11.3 Å². The fraction of sp³-hybridized carbons (Fsp3) is 0.214. The number of rotatable bonds is 4. The van der Waals surface area contributed by atoms with Crippen LogP contribution in [0.25, 0.3) is 28.0 Å². The second-order valence-electron chi connectivity index (χ2n) is 9.81. The number of piperidine rings is 1. The molecule has 216 valence electrons. The Labute approximate surface area is 239 Å². The van der Waals surface area contributed by atoms with Crippen molar-refractivity contribution in [3.8, 4) is 16.9 Å². The highest BCUT2D eigenvalue weighted by atomic mass is 32.1. The zero-order valence-electron chi connectivity index (χ0n) is 21.5. The molecule has 2 aromatic carbocycles. The van der Waals surface area contributed by atoms with Crippen molar-refractivity contribution in [1.82, 2.24) is 29.2 Å². The second kappa shape index (κ2) is 10.4. The van der Waals surface area contributed by atoms with Gasteiger partial charge in [0.15, 0.2) is 22.1 Å². The molecule has 1 aliphatic rings. The summed E-state index contributed by atoms with van der Waals surface area (Å²) in [6, 6.07) is 9.31. The monoisotopic (exact) mass is 602 g/mol. The van der Waals surface area contributed by atoms with Gasteiger partial charge in [-0.15, -0.1) is 0 Å². The highest BCUT2D eigenvalue weighted by molar-refractivity contribution is 7.71. The van der Waals surface area contributed by atoms with Crippen molar-refractivity contribution in [3.63, 3.8) is 0 Å². The molecule has 0 saturated carbocycles. The summed E-state index contributed by atoms with van der Waals surface area (Å²) >= 11 is 5.37. The Bertz CT molecular complexity index is 1870. The highest BCUT2D eigenvalue weighted by Crippen LogP contribution is 2.34. The van der Waals surface area contributed by atoms with Crippen LogP contribution in [0.5, 0.6) is 0 Å². The summed E-state index contributed by atoms with van der Waals surface area (Å²) in [6.07, 6.45) is -1.19. The van der Waals surface area contributed by atoms with E-state index in [9.17, 15) is 31.1 Å². The fourth-order valence-electron chi connectivity index (χ4n) is 5.26. The van der Waals surface area contributed by atoms with Crippen LogP contribution in [0.3, 0.4) is 0 Å². The molecule has 0 atom stereocenters. The zero-order chi connectivity index (χ0) is 29.8. The molecular weight excluding hydrogens is 582 g/mol. The third-order valence-corrected chi connectivity index (χ3v) is 7.57. The van der Waals surface area contributed by atoms with Gasteiger partial charge in [-0.2, -0.15) is 18.3 Å². The minimum Gasteiger partial charge on any atom is -0.337 e. The number of carbonyl (C=O) groups is 1. The first-order valence-corrected chi connectivity index (χ1v) is 13.2. The van der Waals surface area contributed by atoms with Crippen molar-refractivity contribution in [2.45, 2.75) is 25.1 Å². The maximum absolute atomic E-state index is 14.7. The van der Waals surface area contributed by atoms with Crippen molar-refractivity contribution >= 4 is 29.2 Å². The zero-order valence-corrected chi connectivity index (χ0v) is 22.3. The number of pyridine rings is 1. The van der Waals surface area contributed by atoms with E-state index in [0.717, 1.165) is 16.8 Å². The first-order chi connectivity index (χ1) is 20.0. The van der Waals surface area contributed by atoms with Crippen LogP contribution in [0, 0.1) is 22.2 Å². The quantitative estimate of drug-likeness (QED) is 0.180. The number of amides is 1. The topological polar surface area (TPSA) is 71.7 Å². The number of aromatic nitrogens is 5. The van der Waals surface area contributed by atoms with Gasteiger partial charge in [-0.25, -0.2) is 17.9 Å². The number of H-pyrrole nitrogens is 1.